The molecule has 0 amide bonds. The number of carbonyl (C=O) groups is 1. The quantitative estimate of drug-likeness (QED) is 0.514. The molecular weight excluding hydrogens is 348 g/mol. The van der Waals surface area contributed by atoms with Crippen LogP contribution in [0.15, 0.2) is 11.6 Å². The Hall–Kier alpha value is 0.0700. The molecule has 0 bridgehead atoms. The van der Waals surface area contributed by atoms with E-state index in [9.17, 15) is 9.90 Å². The molecule has 5 rings (SSSR count). The summed E-state index contributed by atoms with van der Waals surface area (Å²) in [5.41, 5.74) is 1.56. The average molecular weight is 379 g/mol. The topological polar surface area (TPSA) is 37.3 Å². The number of aliphatic hydroxyl groups excluding tert-OH is 1. The lowest BCUT2D eigenvalue weighted by Gasteiger charge is -2.54. The number of ketones is 1. The Morgan fingerprint density at radius 2 is 2.08 bits per heavy atom. The molecule has 7 atom stereocenters. The van der Waals surface area contributed by atoms with Gasteiger partial charge in [0.15, 0.2) is 0 Å². The number of hydrogen-bond donors (Lipinski definition) is 1. The summed E-state index contributed by atoms with van der Waals surface area (Å²) in [6, 6.07) is 0. The number of aliphatic hydroxyl groups is 1. The standard InChI is InChI=1S/C21H30O2S2/c1-2-21-8-6-15-14-5-7-20(9-10-24-25-20)12-13(14)3-4-16(15)19(21)17(22)11-18(21)23/h12,14-17,19,22H,2-11H2,1H3/t14-,15+,16+,17-,19+,20?,21+/m0/s1. The predicted octanol–water partition coefficient (Wildman–Crippen LogP) is 5.01. The van der Waals surface area contributed by atoms with Crippen molar-refractivity contribution in [3.8, 4) is 0 Å². The highest BCUT2D eigenvalue weighted by Crippen LogP contribution is 2.64. The van der Waals surface area contributed by atoms with Gasteiger partial charge in [0, 0.05) is 28.3 Å². The van der Waals surface area contributed by atoms with Gasteiger partial charge in [-0.15, -0.1) is 0 Å². The lowest BCUT2D eigenvalue weighted by Crippen LogP contribution is -2.50. The van der Waals surface area contributed by atoms with Crippen LogP contribution in [0.4, 0.5) is 0 Å². The van der Waals surface area contributed by atoms with Gasteiger partial charge in [-0.25, -0.2) is 0 Å². The fourth-order valence-corrected chi connectivity index (χ4v) is 10.7. The number of Topliss-reactive ketones (excluding diaryl/α,β-unsaturated/α-hetero) is 1. The Balaban J connectivity index is 1.45. The van der Waals surface area contributed by atoms with E-state index in [4.69, 9.17) is 0 Å². The van der Waals surface area contributed by atoms with Crippen LogP contribution in [0.3, 0.4) is 0 Å². The summed E-state index contributed by atoms with van der Waals surface area (Å²) in [6.45, 7) is 2.18. The van der Waals surface area contributed by atoms with E-state index in [-0.39, 0.29) is 17.4 Å². The Bertz CT molecular complexity index is 609. The first kappa shape index (κ1) is 17.2. The van der Waals surface area contributed by atoms with Crippen molar-refractivity contribution in [3.63, 3.8) is 0 Å². The van der Waals surface area contributed by atoms with E-state index in [1.165, 1.54) is 44.3 Å². The Labute approximate surface area is 159 Å². The Morgan fingerprint density at radius 1 is 1.20 bits per heavy atom. The van der Waals surface area contributed by atoms with Crippen molar-refractivity contribution in [2.45, 2.75) is 75.6 Å². The third-order valence-electron chi connectivity index (χ3n) is 8.49. The lowest BCUT2D eigenvalue weighted by atomic mass is 9.50. The first-order chi connectivity index (χ1) is 12.1. The Morgan fingerprint density at radius 3 is 2.84 bits per heavy atom. The van der Waals surface area contributed by atoms with Gasteiger partial charge in [-0.3, -0.25) is 4.79 Å². The molecule has 1 N–H and O–H groups in total. The Kier molecular flexibility index (Phi) is 4.15. The molecular formula is C21H30O2S2. The fraction of sp³-hybridized carbons (Fsp3) is 0.857. The normalized spacial score (nSPS) is 51.8. The first-order valence-corrected chi connectivity index (χ1v) is 12.6. The van der Waals surface area contributed by atoms with E-state index in [1.807, 2.05) is 0 Å². The lowest BCUT2D eigenvalue weighted by molar-refractivity contribution is -0.134. The van der Waals surface area contributed by atoms with E-state index in [0.717, 1.165) is 24.7 Å². The second-order valence-electron chi connectivity index (χ2n) is 9.22. The van der Waals surface area contributed by atoms with E-state index in [1.54, 1.807) is 5.57 Å². The zero-order valence-electron chi connectivity index (χ0n) is 15.2. The van der Waals surface area contributed by atoms with Crippen LogP contribution in [0.2, 0.25) is 0 Å². The van der Waals surface area contributed by atoms with Gasteiger partial charge < -0.3 is 5.11 Å². The van der Waals surface area contributed by atoms with Crippen molar-refractivity contribution in [1.29, 1.82) is 0 Å². The monoisotopic (exact) mass is 378 g/mol. The van der Waals surface area contributed by atoms with Crippen LogP contribution in [-0.2, 0) is 4.79 Å². The highest BCUT2D eigenvalue weighted by atomic mass is 33.1. The molecule has 1 unspecified atom stereocenters. The summed E-state index contributed by atoms with van der Waals surface area (Å²) in [5.74, 6) is 3.97. The van der Waals surface area contributed by atoms with Gasteiger partial charge in [-0.1, -0.05) is 40.2 Å². The molecule has 1 spiro atoms. The molecule has 138 valence electrons. The van der Waals surface area contributed by atoms with Gasteiger partial charge in [0.05, 0.1) is 6.10 Å². The molecule has 0 radical (unpaired) electrons. The maximum absolute atomic E-state index is 12.7. The molecule has 4 aliphatic carbocycles. The maximum atomic E-state index is 12.7. The van der Waals surface area contributed by atoms with Crippen molar-refractivity contribution in [3.05, 3.63) is 11.6 Å². The second kappa shape index (κ2) is 6.04. The second-order valence-corrected chi connectivity index (χ2v) is 12.1. The molecule has 3 saturated carbocycles. The van der Waals surface area contributed by atoms with Gasteiger partial charge in [0.25, 0.3) is 0 Å². The molecule has 4 heteroatoms. The highest BCUT2D eigenvalue weighted by molar-refractivity contribution is 8.77. The van der Waals surface area contributed by atoms with Gasteiger partial charge in [0.1, 0.15) is 5.78 Å². The minimum Gasteiger partial charge on any atom is -0.392 e. The highest BCUT2D eigenvalue weighted by Gasteiger charge is 2.61. The molecule has 4 fully saturated rings. The molecule has 2 nitrogen and oxygen atoms in total. The molecule has 1 heterocycles. The third kappa shape index (κ3) is 2.39. The molecule has 1 aliphatic heterocycles. The summed E-state index contributed by atoms with van der Waals surface area (Å²) >= 11 is 0. The van der Waals surface area contributed by atoms with Crippen LogP contribution in [0.1, 0.15) is 64.7 Å². The van der Waals surface area contributed by atoms with E-state index >= 15 is 0 Å². The minimum absolute atomic E-state index is 0.185. The summed E-state index contributed by atoms with van der Waals surface area (Å²) in [4.78, 5) is 12.7. The van der Waals surface area contributed by atoms with Gasteiger partial charge >= 0.3 is 0 Å². The van der Waals surface area contributed by atoms with Crippen LogP contribution >= 0.6 is 21.6 Å². The van der Waals surface area contributed by atoms with Crippen LogP contribution in [0, 0.1) is 29.1 Å². The SMILES string of the molecule is CC[C@]12CC[C@H]3[C@@H](CCC4=CC5(CCSS5)CC[C@@H]43)[C@@H]1[C@@H](O)CC2=O. The summed E-state index contributed by atoms with van der Waals surface area (Å²) < 4.78 is 0.439. The summed E-state index contributed by atoms with van der Waals surface area (Å²) in [7, 11) is 4.18. The number of hydrogen-bond acceptors (Lipinski definition) is 4. The van der Waals surface area contributed by atoms with Crippen LogP contribution in [0.25, 0.3) is 0 Å². The minimum atomic E-state index is -0.373. The molecule has 0 aromatic rings. The third-order valence-corrected chi connectivity index (χ3v) is 11.7. The van der Waals surface area contributed by atoms with E-state index < -0.39 is 0 Å². The summed E-state index contributed by atoms with van der Waals surface area (Å²) in [5, 5.41) is 10.8. The smallest absolute Gasteiger partial charge is 0.141 e. The van der Waals surface area contributed by atoms with E-state index in [0.29, 0.717) is 22.9 Å². The van der Waals surface area contributed by atoms with E-state index in [2.05, 4.69) is 34.6 Å². The van der Waals surface area contributed by atoms with Gasteiger partial charge in [0.2, 0.25) is 0 Å². The van der Waals surface area contributed by atoms with Crippen molar-refractivity contribution in [1.82, 2.24) is 0 Å². The van der Waals surface area contributed by atoms with Crippen LogP contribution in [0.5, 0.6) is 0 Å². The van der Waals surface area contributed by atoms with Crippen molar-refractivity contribution in [2.75, 3.05) is 5.75 Å². The van der Waals surface area contributed by atoms with Crippen LogP contribution in [-0.4, -0.2) is 27.5 Å². The molecule has 1 saturated heterocycles. The molecule has 0 aromatic carbocycles. The van der Waals surface area contributed by atoms with Crippen LogP contribution < -0.4 is 0 Å². The molecule has 25 heavy (non-hydrogen) atoms. The van der Waals surface area contributed by atoms with Gasteiger partial charge in [-0.05, 0) is 69.1 Å². The molecule has 0 aromatic heterocycles. The average Bonchev–Trinajstić information content (AvgIpc) is 3.17. The van der Waals surface area contributed by atoms with Gasteiger partial charge in [-0.2, -0.15) is 0 Å². The number of allylic oxidation sites excluding steroid dienone is 1. The van der Waals surface area contributed by atoms with Crippen molar-refractivity contribution in [2.24, 2.45) is 29.1 Å². The van der Waals surface area contributed by atoms with Crippen molar-refractivity contribution < 1.29 is 9.90 Å². The summed E-state index contributed by atoms with van der Waals surface area (Å²) in [6.07, 6.45) is 12.4. The first-order valence-electron chi connectivity index (χ1n) is 10.3. The number of fused-ring (bicyclic) bond motifs is 5. The maximum Gasteiger partial charge on any atom is 0.141 e. The largest absolute Gasteiger partial charge is 0.392 e. The zero-order valence-corrected chi connectivity index (χ0v) is 16.8. The fourth-order valence-electron chi connectivity index (χ4n) is 7.34. The number of rotatable bonds is 1. The van der Waals surface area contributed by atoms with Crippen molar-refractivity contribution >= 4 is 27.4 Å². The number of carbonyl (C=O) groups excluding carboxylic acids is 1. The predicted molar refractivity (Wildman–Crippen MR) is 105 cm³/mol. The zero-order chi connectivity index (χ0) is 17.2. The molecule has 5 aliphatic rings.